The van der Waals surface area contributed by atoms with Gasteiger partial charge in [-0.25, -0.2) is 0 Å². The highest BCUT2D eigenvalue weighted by Gasteiger charge is 2.36. The van der Waals surface area contributed by atoms with Gasteiger partial charge in [-0.05, 0) is 39.0 Å². The summed E-state index contributed by atoms with van der Waals surface area (Å²) in [5.74, 6) is 0.398. The fraction of sp³-hybridized carbons (Fsp3) is 0.846. The molecule has 1 aliphatic rings. The monoisotopic (exact) mass is 240 g/mol. The van der Waals surface area contributed by atoms with Gasteiger partial charge in [0.15, 0.2) is 0 Å². The molecule has 2 amide bonds. The van der Waals surface area contributed by atoms with E-state index in [0.717, 1.165) is 25.7 Å². The molecule has 98 valence electrons. The number of nitrogens with one attached hydrogen (secondary N) is 1. The third kappa shape index (κ3) is 4.02. The van der Waals surface area contributed by atoms with Gasteiger partial charge in [0.05, 0.1) is 5.41 Å². The fourth-order valence-corrected chi connectivity index (χ4v) is 1.92. The standard InChI is InChI=1S/C13H24N2O2/c1-4-5-10(9-6-7-9)11(16)15-8-13(2,3)12(14)17/h9-10H,4-8H2,1-3H3,(H2,14,17)(H,15,16). The van der Waals surface area contributed by atoms with Gasteiger partial charge in [0, 0.05) is 12.5 Å². The molecule has 1 rings (SSSR count). The summed E-state index contributed by atoms with van der Waals surface area (Å²) < 4.78 is 0. The second-order valence-corrected chi connectivity index (χ2v) is 5.70. The van der Waals surface area contributed by atoms with E-state index in [-0.39, 0.29) is 17.7 Å². The van der Waals surface area contributed by atoms with E-state index in [2.05, 4.69) is 12.2 Å². The normalized spacial score (nSPS) is 17.6. The molecule has 0 aromatic heterocycles. The van der Waals surface area contributed by atoms with Gasteiger partial charge < -0.3 is 11.1 Å². The van der Waals surface area contributed by atoms with E-state index in [0.29, 0.717) is 12.5 Å². The second-order valence-electron chi connectivity index (χ2n) is 5.70. The molecule has 1 fully saturated rings. The molecule has 4 nitrogen and oxygen atoms in total. The number of hydrogen-bond acceptors (Lipinski definition) is 2. The number of primary amides is 1. The van der Waals surface area contributed by atoms with E-state index in [1.807, 2.05) is 0 Å². The maximum absolute atomic E-state index is 12.0. The van der Waals surface area contributed by atoms with Crippen molar-refractivity contribution in [3.05, 3.63) is 0 Å². The maximum atomic E-state index is 12.0. The van der Waals surface area contributed by atoms with Gasteiger partial charge in [-0.2, -0.15) is 0 Å². The van der Waals surface area contributed by atoms with Crippen LogP contribution in [0, 0.1) is 17.3 Å². The minimum absolute atomic E-state index is 0.0867. The lowest BCUT2D eigenvalue weighted by atomic mass is 9.91. The molecule has 0 radical (unpaired) electrons. The number of rotatable bonds is 7. The minimum atomic E-state index is -0.671. The molecule has 0 aliphatic heterocycles. The predicted molar refractivity (Wildman–Crippen MR) is 67.1 cm³/mol. The van der Waals surface area contributed by atoms with Crippen molar-refractivity contribution in [3.63, 3.8) is 0 Å². The first kappa shape index (κ1) is 14.0. The number of carbonyl (C=O) groups excluding carboxylic acids is 2. The number of hydrogen-bond donors (Lipinski definition) is 2. The van der Waals surface area contributed by atoms with E-state index in [1.54, 1.807) is 13.8 Å². The highest BCUT2D eigenvalue weighted by Crippen LogP contribution is 2.39. The average Bonchev–Trinajstić information content (AvgIpc) is 3.06. The van der Waals surface area contributed by atoms with Crippen molar-refractivity contribution in [2.24, 2.45) is 23.0 Å². The molecule has 0 spiro atoms. The fourth-order valence-electron chi connectivity index (χ4n) is 1.92. The summed E-state index contributed by atoms with van der Waals surface area (Å²) in [6.45, 7) is 5.92. The van der Waals surface area contributed by atoms with Crippen molar-refractivity contribution in [3.8, 4) is 0 Å². The summed E-state index contributed by atoms with van der Waals surface area (Å²) in [6, 6.07) is 0. The first-order chi connectivity index (χ1) is 7.88. The SMILES string of the molecule is CCCC(C(=O)NCC(C)(C)C(N)=O)C1CC1. The highest BCUT2D eigenvalue weighted by molar-refractivity contribution is 5.83. The van der Waals surface area contributed by atoms with Crippen LogP contribution in [0.4, 0.5) is 0 Å². The molecule has 1 aliphatic carbocycles. The van der Waals surface area contributed by atoms with Crippen LogP contribution in [0.1, 0.15) is 46.5 Å². The molecule has 0 heterocycles. The number of nitrogens with two attached hydrogens (primary N) is 1. The Labute approximate surface area is 103 Å². The average molecular weight is 240 g/mol. The molecule has 1 unspecified atom stereocenters. The molecular formula is C13H24N2O2. The molecule has 1 saturated carbocycles. The highest BCUT2D eigenvalue weighted by atomic mass is 16.2. The lowest BCUT2D eigenvalue weighted by Crippen LogP contribution is -2.44. The molecule has 0 saturated heterocycles. The summed E-state index contributed by atoms with van der Waals surface area (Å²) >= 11 is 0. The van der Waals surface area contributed by atoms with Crippen molar-refractivity contribution in [1.29, 1.82) is 0 Å². The zero-order valence-corrected chi connectivity index (χ0v) is 11.1. The van der Waals surface area contributed by atoms with Gasteiger partial charge in [0.1, 0.15) is 0 Å². The summed E-state index contributed by atoms with van der Waals surface area (Å²) in [5.41, 5.74) is 4.60. The first-order valence-corrected chi connectivity index (χ1v) is 6.46. The zero-order chi connectivity index (χ0) is 13.1. The Kier molecular flexibility index (Phi) is 4.54. The lowest BCUT2D eigenvalue weighted by molar-refractivity contribution is -0.128. The van der Waals surface area contributed by atoms with Crippen LogP contribution in [0.5, 0.6) is 0 Å². The molecular weight excluding hydrogens is 216 g/mol. The smallest absolute Gasteiger partial charge is 0.224 e. The van der Waals surface area contributed by atoms with Crippen LogP contribution in [-0.4, -0.2) is 18.4 Å². The topological polar surface area (TPSA) is 72.2 Å². The Morgan fingerprint density at radius 1 is 1.41 bits per heavy atom. The van der Waals surface area contributed by atoms with E-state index >= 15 is 0 Å². The van der Waals surface area contributed by atoms with Crippen molar-refractivity contribution in [2.45, 2.75) is 46.5 Å². The van der Waals surface area contributed by atoms with Gasteiger partial charge in [-0.1, -0.05) is 13.3 Å². The maximum Gasteiger partial charge on any atom is 0.224 e. The molecule has 17 heavy (non-hydrogen) atoms. The first-order valence-electron chi connectivity index (χ1n) is 6.46. The van der Waals surface area contributed by atoms with Crippen LogP contribution in [-0.2, 0) is 9.59 Å². The quantitative estimate of drug-likeness (QED) is 0.706. The molecule has 3 N–H and O–H groups in total. The number of amides is 2. The van der Waals surface area contributed by atoms with Crippen molar-refractivity contribution >= 4 is 11.8 Å². The van der Waals surface area contributed by atoms with Gasteiger partial charge >= 0.3 is 0 Å². The van der Waals surface area contributed by atoms with Crippen LogP contribution in [0.2, 0.25) is 0 Å². The van der Waals surface area contributed by atoms with Crippen LogP contribution < -0.4 is 11.1 Å². The van der Waals surface area contributed by atoms with Crippen molar-refractivity contribution < 1.29 is 9.59 Å². The Bertz CT molecular complexity index is 296. The minimum Gasteiger partial charge on any atom is -0.369 e. The Morgan fingerprint density at radius 3 is 2.41 bits per heavy atom. The molecule has 4 heteroatoms. The van der Waals surface area contributed by atoms with Crippen LogP contribution in [0.3, 0.4) is 0 Å². The Morgan fingerprint density at radius 2 is 2.00 bits per heavy atom. The summed E-state index contributed by atoms with van der Waals surface area (Å²) in [4.78, 5) is 23.2. The van der Waals surface area contributed by atoms with Gasteiger partial charge in [0.25, 0.3) is 0 Å². The Hall–Kier alpha value is -1.06. The number of carbonyl (C=O) groups is 2. The molecule has 0 aromatic rings. The Balaban J connectivity index is 2.44. The van der Waals surface area contributed by atoms with Crippen molar-refractivity contribution in [2.75, 3.05) is 6.54 Å². The van der Waals surface area contributed by atoms with E-state index < -0.39 is 5.41 Å². The molecule has 1 atom stereocenters. The van der Waals surface area contributed by atoms with Crippen LogP contribution in [0.25, 0.3) is 0 Å². The van der Waals surface area contributed by atoms with Gasteiger partial charge in [-0.15, -0.1) is 0 Å². The van der Waals surface area contributed by atoms with Crippen LogP contribution >= 0.6 is 0 Å². The third-order valence-electron chi connectivity index (χ3n) is 3.50. The van der Waals surface area contributed by atoms with E-state index in [1.165, 1.54) is 0 Å². The molecule has 0 bridgehead atoms. The zero-order valence-electron chi connectivity index (χ0n) is 11.1. The largest absolute Gasteiger partial charge is 0.369 e. The third-order valence-corrected chi connectivity index (χ3v) is 3.50. The van der Waals surface area contributed by atoms with Gasteiger partial charge in [0.2, 0.25) is 11.8 Å². The van der Waals surface area contributed by atoms with Crippen LogP contribution in [0.15, 0.2) is 0 Å². The second kappa shape index (κ2) is 5.52. The summed E-state index contributed by atoms with van der Waals surface area (Å²) in [6.07, 6.45) is 4.29. The molecule has 0 aromatic carbocycles. The predicted octanol–water partition coefficient (Wildman–Crippen LogP) is 1.44. The van der Waals surface area contributed by atoms with Gasteiger partial charge in [-0.3, -0.25) is 9.59 Å². The summed E-state index contributed by atoms with van der Waals surface area (Å²) in [5, 5.41) is 2.87. The van der Waals surface area contributed by atoms with E-state index in [9.17, 15) is 9.59 Å². The van der Waals surface area contributed by atoms with E-state index in [4.69, 9.17) is 5.73 Å². The summed E-state index contributed by atoms with van der Waals surface area (Å²) in [7, 11) is 0. The lowest BCUT2D eigenvalue weighted by Gasteiger charge is -2.23. The van der Waals surface area contributed by atoms with Crippen molar-refractivity contribution in [1.82, 2.24) is 5.32 Å².